The van der Waals surface area contributed by atoms with Crippen molar-refractivity contribution in [1.82, 2.24) is 18.8 Å². The Morgan fingerprint density at radius 2 is 1.76 bits per heavy atom. The van der Waals surface area contributed by atoms with Gasteiger partial charge < -0.3 is 9.64 Å². The molecule has 2 heterocycles. The molecular formula is C24H26N4O4S2. The van der Waals surface area contributed by atoms with Crippen LogP contribution in [0, 0.1) is 0 Å². The molecule has 0 atom stereocenters. The first-order valence-electron chi connectivity index (χ1n) is 10.8. The number of hydrogen-bond donors (Lipinski definition) is 0. The molecule has 1 saturated heterocycles. The van der Waals surface area contributed by atoms with E-state index in [9.17, 15) is 13.2 Å². The number of hydrogen-bond acceptors (Lipinski definition) is 6. The smallest absolute Gasteiger partial charge is 0.236 e. The van der Waals surface area contributed by atoms with Crippen molar-refractivity contribution in [3.63, 3.8) is 0 Å². The summed E-state index contributed by atoms with van der Waals surface area (Å²) in [6.07, 6.45) is 5.14. The molecule has 1 fully saturated rings. The summed E-state index contributed by atoms with van der Waals surface area (Å²) >= 11 is 1.36. The first kappa shape index (κ1) is 24.1. The van der Waals surface area contributed by atoms with E-state index in [0.29, 0.717) is 18.2 Å². The van der Waals surface area contributed by atoms with Crippen LogP contribution in [0.3, 0.4) is 0 Å². The molecule has 1 aliphatic rings. The standard InChI is InChI=1S/C24H26N4O4S2/c1-32-22-9-7-21(8-10-22)28-13-12-25-24(28)33-19-23(29)26-14-16-27(17-15-26)34(30,31)18-11-20-5-3-2-4-6-20/h2-13,18H,14-17,19H2,1H3/b18-11+. The minimum Gasteiger partial charge on any atom is -0.497 e. The number of benzene rings is 2. The van der Waals surface area contributed by atoms with Gasteiger partial charge in [0.05, 0.1) is 12.9 Å². The minimum atomic E-state index is -3.53. The van der Waals surface area contributed by atoms with Crippen LogP contribution < -0.4 is 4.74 Å². The van der Waals surface area contributed by atoms with E-state index in [1.807, 2.05) is 65.4 Å². The van der Waals surface area contributed by atoms with Crippen molar-refractivity contribution < 1.29 is 17.9 Å². The molecule has 4 rings (SSSR count). The van der Waals surface area contributed by atoms with Gasteiger partial charge in [0.2, 0.25) is 15.9 Å². The molecule has 3 aromatic rings. The van der Waals surface area contributed by atoms with Crippen molar-refractivity contribution in [2.75, 3.05) is 39.0 Å². The van der Waals surface area contributed by atoms with Crippen LogP contribution in [0.15, 0.2) is 77.6 Å². The Morgan fingerprint density at radius 3 is 2.44 bits per heavy atom. The van der Waals surface area contributed by atoms with Crippen molar-refractivity contribution in [3.05, 3.63) is 78.0 Å². The number of rotatable bonds is 8. The van der Waals surface area contributed by atoms with Crippen molar-refractivity contribution in [2.45, 2.75) is 5.16 Å². The van der Waals surface area contributed by atoms with Crippen LogP contribution in [0.2, 0.25) is 0 Å². The number of aromatic nitrogens is 2. The van der Waals surface area contributed by atoms with Crippen molar-refractivity contribution in [1.29, 1.82) is 0 Å². The second-order valence-electron chi connectivity index (χ2n) is 7.60. The van der Waals surface area contributed by atoms with E-state index in [2.05, 4.69) is 4.98 Å². The third kappa shape index (κ3) is 5.88. The fraction of sp³-hybridized carbons (Fsp3) is 0.250. The zero-order valence-corrected chi connectivity index (χ0v) is 20.4. The molecule has 0 bridgehead atoms. The second kappa shape index (κ2) is 10.9. The Hall–Kier alpha value is -3.08. The lowest BCUT2D eigenvalue weighted by Crippen LogP contribution is -2.50. The first-order valence-corrected chi connectivity index (χ1v) is 13.3. The zero-order valence-electron chi connectivity index (χ0n) is 18.8. The van der Waals surface area contributed by atoms with Crippen LogP contribution >= 0.6 is 11.8 Å². The molecule has 0 saturated carbocycles. The van der Waals surface area contributed by atoms with Gasteiger partial charge in [-0.25, -0.2) is 13.4 Å². The predicted molar refractivity (Wildman–Crippen MR) is 133 cm³/mol. The van der Waals surface area contributed by atoms with Crippen molar-refractivity contribution >= 4 is 33.8 Å². The van der Waals surface area contributed by atoms with Gasteiger partial charge in [0.1, 0.15) is 5.75 Å². The Balaban J connectivity index is 1.30. The lowest BCUT2D eigenvalue weighted by Gasteiger charge is -2.33. The summed E-state index contributed by atoms with van der Waals surface area (Å²) < 4.78 is 33.8. The zero-order chi connectivity index (χ0) is 24.0. The third-order valence-electron chi connectivity index (χ3n) is 5.47. The number of nitrogens with zero attached hydrogens (tertiary/aromatic N) is 4. The quantitative estimate of drug-likeness (QED) is 0.444. The average molecular weight is 499 g/mol. The highest BCUT2D eigenvalue weighted by atomic mass is 32.2. The number of sulfonamides is 1. The number of piperazine rings is 1. The average Bonchev–Trinajstić information content (AvgIpc) is 3.35. The van der Waals surface area contributed by atoms with Gasteiger partial charge in [0.25, 0.3) is 0 Å². The molecule has 0 aliphatic carbocycles. The number of thioether (sulfide) groups is 1. The van der Waals surface area contributed by atoms with Crippen molar-refractivity contribution in [3.8, 4) is 11.4 Å². The maximum Gasteiger partial charge on any atom is 0.236 e. The van der Waals surface area contributed by atoms with Gasteiger partial charge in [-0.1, -0.05) is 42.1 Å². The molecule has 1 aliphatic heterocycles. The van der Waals surface area contributed by atoms with Crippen LogP contribution in [-0.4, -0.2) is 72.1 Å². The van der Waals surface area contributed by atoms with E-state index < -0.39 is 10.0 Å². The maximum atomic E-state index is 12.8. The van der Waals surface area contributed by atoms with E-state index in [4.69, 9.17) is 4.74 Å². The summed E-state index contributed by atoms with van der Waals surface area (Å²) in [5, 5.41) is 1.94. The number of carbonyl (C=O) groups is 1. The Kier molecular flexibility index (Phi) is 7.71. The predicted octanol–water partition coefficient (Wildman–Crippen LogP) is 3.12. The van der Waals surface area contributed by atoms with E-state index in [1.54, 1.807) is 24.3 Å². The lowest BCUT2D eigenvalue weighted by molar-refractivity contribution is -0.129. The summed E-state index contributed by atoms with van der Waals surface area (Å²) in [5.41, 5.74) is 1.75. The van der Waals surface area contributed by atoms with Crippen molar-refractivity contribution in [2.24, 2.45) is 0 Å². The van der Waals surface area contributed by atoms with Crippen LogP contribution in [0.4, 0.5) is 0 Å². The van der Waals surface area contributed by atoms with E-state index in [1.165, 1.54) is 21.5 Å². The number of imidazole rings is 1. The van der Waals surface area contributed by atoms with Gasteiger partial charge in [-0.3, -0.25) is 9.36 Å². The lowest BCUT2D eigenvalue weighted by atomic mass is 10.2. The highest BCUT2D eigenvalue weighted by Crippen LogP contribution is 2.23. The molecule has 1 amide bonds. The van der Waals surface area contributed by atoms with Gasteiger partial charge in [0, 0.05) is 49.7 Å². The second-order valence-corrected chi connectivity index (χ2v) is 10.4. The van der Waals surface area contributed by atoms with E-state index >= 15 is 0 Å². The largest absolute Gasteiger partial charge is 0.497 e. The van der Waals surface area contributed by atoms with E-state index in [-0.39, 0.29) is 24.7 Å². The summed E-state index contributed by atoms with van der Waals surface area (Å²) in [6.45, 7) is 1.28. The topological polar surface area (TPSA) is 84.7 Å². The highest BCUT2D eigenvalue weighted by Gasteiger charge is 2.27. The van der Waals surface area contributed by atoms with Gasteiger partial charge in [-0.05, 0) is 35.9 Å². The normalized spacial score (nSPS) is 15.0. The molecule has 0 unspecified atom stereocenters. The SMILES string of the molecule is COc1ccc(-n2ccnc2SCC(=O)N2CCN(S(=O)(=O)/C=C/c3ccccc3)CC2)cc1. The number of methoxy groups -OCH3 is 1. The molecule has 10 heteroatoms. The molecule has 34 heavy (non-hydrogen) atoms. The third-order valence-corrected chi connectivity index (χ3v) is 7.98. The first-order chi connectivity index (χ1) is 16.5. The van der Waals surface area contributed by atoms with Crippen LogP contribution in [0.1, 0.15) is 5.56 Å². The fourth-order valence-electron chi connectivity index (χ4n) is 3.56. The number of carbonyl (C=O) groups excluding carboxylic acids is 1. The maximum absolute atomic E-state index is 12.8. The molecule has 0 N–H and O–H groups in total. The minimum absolute atomic E-state index is 0.0360. The summed E-state index contributed by atoms with van der Waals surface area (Å²) in [6, 6.07) is 16.9. The van der Waals surface area contributed by atoms with Crippen LogP contribution in [0.25, 0.3) is 11.8 Å². The van der Waals surface area contributed by atoms with Gasteiger partial charge in [0.15, 0.2) is 5.16 Å². The molecule has 0 spiro atoms. The fourth-order valence-corrected chi connectivity index (χ4v) is 5.61. The Morgan fingerprint density at radius 1 is 1.06 bits per heavy atom. The van der Waals surface area contributed by atoms with Crippen LogP contribution in [0.5, 0.6) is 5.75 Å². The van der Waals surface area contributed by atoms with Crippen LogP contribution in [-0.2, 0) is 14.8 Å². The molecule has 0 radical (unpaired) electrons. The molecule has 1 aromatic heterocycles. The summed E-state index contributed by atoms with van der Waals surface area (Å²) in [5.74, 6) is 0.963. The monoisotopic (exact) mass is 498 g/mol. The van der Waals surface area contributed by atoms with Gasteiger partial charge in [-0.2, -0.15) is 4.31 Å². The number of ether oxygens (including phenoxy) is 1. The molecule has 8 nitrogen and oxygen atoms in total. The highest BCUT2D eigenvalue weighted by molar-refractivity contribution is 7.99. The van der Waals surface area contributed by atoms with E-state index in [0.717, 1.165) is 17.0 Å². The Labute approximate surface area is 203 Å². The van der Waals surface area contributed by atoms with Gasteiger partial charge in [-0.15, -0.1) is 0 Å². The summed E-state index contributed by atoms with van der Waals surface area (Å²) in [7, 11) is -1.91. The van der Waals surface area contributed by atoms with Gasteiger partial charge >= 0.3 is 0 Å². The molecule has 2 aromatic carbocycles. The number of amides is 1. The summed E-state index contributed by atoms with van der Waals surface area (Å²) in [4.78, 5) is 18.8. The molecule has 178 valence electrons. The molecular weight excluding hydrogens is 472 g/mol. The Bertz CT molecular complexity index is 1230.